The summed E-state index contributed by atoms with van der Waals surface area (Å²) in [5, 5.41) is 18.4. The fraction of sp³-hybridized carbons (Fsp3) is 0.103. The molecule has 0 aliphatic rings. The van der Waals surface area contributed by atoms with Gasteiger partial charge in [-0.25, -0.2) is 0 Å². The average Bonchev–Trinajstić information content (AvgIpc) is 3.27. The molecule has 0 radical (unpaired) electrons. The zero-order valence-corrected chi connectivity index (χ0v) is 22.7. The summed E-state index contributed by atoms with van der Waals surface area (Å²) in [7, 11) is 1.54. The number of hydrogen-bond acceptors (Lipinski definition) is 7. The van der Waals surface area contributed by atoms with Gasteiger partial charge in [0.05, 0.1) is 23.3 Å². The second kappa shape index (κ2) is 12.8. The second-order valence-electron chi connectivity index (χ2n) is 8.24. The van der Waals surface area contributed by atoms with Gasteiger partial charge in [-0.1, -0.05) is 30.3 Å². The molecule has 0 atom stereocenters. The first-order chi connectivity index (χ1) is 18.9. The Bertz CT molecular complexity index is 1560. The molecule has 4 rings (SSSR count). The van der Waals surface area contributed by atoms with Crippen LogP contribution in [0.3, 0.4) is 0 Å². The number of benzene rings is 3. The number of carbonyl (C=O) groups is 3. The number of para-hydroxylation sites is 1. The Morgan fingerprint density at radius 2 is 1.62 bits per heavy atom. The van der Waals surface area contributed by atoms with E-state index in [1.807, 2.05) is 24.3 Å². The van der Waals surface area contributed by atoms with Crippen LogP contribution in [0.15, 0.2) is 83.8 Å². The molecule has 0 saturated heterocycles. The number of thiophene rings is 1. The first-order valence-electron chi connectivity index (χ1n) is 11.8. The average molecular weight is 557 g/mol. The predicted molar refractivity (Wildman–Crippen MR) is 155 cm³/mol. The molecule has 1 aromatic heterocycles. The summed E-state index contributed by atoms with van der Waals surface area (Å²) in [6, 6.07) is 25.1. The smallest absolute Gasteiger partial charge is 0.266 e. The van der Waals surface area contributed by atoms with Gasteiger partial charge in [-0.15, -0.1) is 23.1 Å². The minimum absolute atomic E-state index is 0.0701. The molecule has 0 aliphatic heterocycles. The lowest BCUT2D eigenvalue weighted by atomic mass is 10.1. The molecule has 3 aromatic carbocycles. The van der Waals surface area contributed by atoms with E-state index in [0.717, 1.165) is 16.2 Å². The van der Waals surface area contributed by atoms with Gasteiger partial charge in [-0.2, -0.15) is 5.26 Å². The largest absolute Gasteiger partial charge is 0.497 e. The zero-order chi connectivity index (χ0) is 27.8. The van der Waals surface area contributed by atoms with Crippen molar-refractivity contribution >= 4 is 57.2 Å². The molecular formula is C29H24N4O4S2. The van der Waals surface area contributed by atoms with Crippen LogP contribution < -0.4 is 20.7 Å². The summed E-state index contributed by atoms with van der Waals surface area (Å²) in [5.74, 6) is -0.289. The number of nitrogens with zero attached hydrogens (tertiary/aromatic N) is 1. The van der Waals surface area contributed by atoms with Crippen molar-refractivity contribution < 1.29 is 19.1 Å². The van der Waals surface area contributed by atoms with E-state index in [9.17, 15) is 19.6 Å². The third kappa shape index (κ3) is 7.04. The Kier molecular flexibility index (Phi) is 8.99. The van der Waals surface area contributed by atoms with Crippen molar-refractivity contribution in [3.63, 3.8) is 0 Å². The van der Waals surface area contributed by atoms with Crippen molar-refractivity contribution in [1.29, 1.82) is 5.26 Å². The van der Waals surface area contributed by atoms with Crippen molar-refractivity contribution in [2.45, 2.75) is 11.8 Å². The highest BCUT2D eigenvalue weighted by Crippen LogP contribution is 2.33. The summed E-state index contributed by atoms with van der Waals surface area (Å²) in [5.41, 5.74) is 2.46. The van der Waals surface area contributed by atoms with Crippen LogP contribution in [-0.2, 0) is 4.79 Å². The van der Waals surface area contributed by atoms with Crippen LogP contribution in [0, 0.1) is 18.3 Å². The third-order valence-corrected chi connectivity index (χ3v) is 7.74. The van der Waals surface area contributed by atoms with Crippen molar-refractivity contribution in [2.75, 3.05) is 28.8 Å². The first kappa shape index (κ1) is 27.4. The molecular weight excluding hydrogens is 532 g/mol. The van der Waals surface area contributed by atoms with Crippen LogP contribution in [0.2, 0.25) is 0 Å². The number of methoxy groups -OCH3 is 1. The molecule has 3 amide bonds. The first-order valence-corrected chi connectivity index (χ1v) is 13.6. The van der Waals surface area contributed by atoms with Gasteiger partial charge in [0, 0.05) is 21.8 Å². The number of hydrogen-bond donors (Lipinski definition) is 3. The SMILES string of the molecule is COc1cccc(C(=O)Nc2cccc(SCC(=O)Nc3sc(C(=O)Nc4ccccc4)c(C)c3C#N)c2)c1. The standard InChI is InChI=1S/C29H24N4O4S2/c1-18-24(16-30)29(39-26(18)28(36)31-20-9-4-3-5-10-20)33-25(34)17-38-23-13-7-11-21(15-23)32-27(35)19-8-6-12-22(14-19)37-2/h3-15H,17H2,1-2H3,(H,31,36)(H,32,35)(H,33,34). The topological polar surface area (TPSA) is 120 Å². The number of anilines is 3. The van der Waals surface area contributed by atoms with E-state index < -0.39 is 0 Å². The minimum atomic E-state index is -0.345. The van der Waals surface area contributed by atoms with E-state index in [-0.39, 0.29) is 29.0 Å². The third-order valence-electron chi connectivity index (χ3n) is 5.54. The Morgan fingerprint density at radius 1 is 0.897 bits per heavy atom. The zero-order valence-electron chi connectivity index (χ0n) is 21.1. The molecule has 39 heavy (non-hydrogen) atoms. The molecule has 0 aliphatic carbocycles. The minimum Gasteiger partial charge on any atom is -0.497 e. The predicted octanol–water partition coefficient (Wildman–Crippen LogP) is 6.17. The molecule has 0 fully saturated rings. The number of nitrogens with one attached hydrogen (secondary N) is 3. The van der Waals surface area contributed by atoms with E-state index in [2.05, 4.69) is 22.0 Å². The molecule has 196 valence electrons. The Labute approximate surface area is 234 Å². The molecule has 1 heterocycles. The molecule has 3 N–H and O–H groups in total. The second-order valence-corrected chi connectivity index (χ2v) is 10.3. The maximum atomic E-state index is 12.8. The van der Waals surface area contributed by atoms with Gasteiger partial charge in [0.25, 0.3) is 11.8 Å². The highest BCUT2D eigenvalue weighted by molar-refractivity contribution is 8.00. The van der Waals surface area contributed by atoms with Crippen molar-refractivity contribution in [2.24, 2.45) is 0 Å². The quantitative estimate of drug-likeness (QED) is 0.212. The fourth-order valence-corrected chi connectivity index (χ4v) is 5.43. The maximum Gasteiger partial charge on any atom is 0.266 e. The van der Waals surface area contributed by atoms with Gasteiger partial charge < -0.3 is 20.7 Å². The van der Waals surface area contributed by atoms with Crippen LogP contribution in [-0.4, -0.2) is 30.6 Å². The van der Waals surface area contributed by atoms with Gasteiger partial charge >= 0.3 is 0 Å². The Hall–Kier alpha value is -4.59. The normalized spacial score (nSPS) is 10.3. The van der Waals surface area contributed by atoms with Crippen LogP contribution in [0.25, 0.3) is 0 Å². The summed E-state index contributed by atoms with van der Waals surface area (Å²) < 4.78 is 5.17. The lowest BCUT2D eigenvalue weighted by molar-refractivity contribution is -0.113. The number of nitriles is 1. The van der Waals surface area contributed by atoms with Gasteiger partial charge in [-0.05, 0) is 61.0 Å². The summed E-state index contributed by atoms with van der Waals surface area (Å²) in [6.07, 6.45) is 0. The van der Waals surface area contributed by atoms with Gasteiger partial charge in [-0.3, -0.25) is 14.4 Å². The highest BCUT2D eigenvalue weighted by Gasteiger charge is 2.21. The van der Waals surface area contributed by atoms with Crippen LogP contribution in [0.1, 0.15) is 31.2 Å². The number of amides is 3. The van der Waals surface area contributed by atoms with Gasteiger partial charge in [0.1, 0.15) is 16.8 Å². The molecule has 0 saturated carbocycles. The number of rotatable bonds is 9. The van der Waals surface area contributed by atoms with E-state index >= 15 is 0 Å². The van der Waals surface area contributed by atoms with E-state index in [1.54, 1.807) is 61.5 Å². The van der Waals surface area contributed by atoms with E-state index in [4.69, 9.17) is 4.74 Å². The summed E-state index contributed by atoms with van der Waals surface area (Å²) >= 11 is 2.35. The van der Waals surface area contributed by atoms with Crippen molar-refractivity contribution in [1.82, 2.24) is 0 Å². The van der Waals surface area contributed by atoms with Crippen LogP contribution in [0.5, 0.6) is 5.75 Å². The molecule has 4 aromatic rings. The number of thioether (sulfide) groups is 1. The Balaban J connectivity index is 1.37. The lowest BCUT2D eigenvalue weighted by Crippen LogP contribution is -2.14. The summed E-state index contributed by atoms with van der Waals surface area (Å²) in [6.45, 7) is 1.69. The lowest BCUT2D eigenvalue weighted by Gasteiger charge is -2.09. The monoisotopic (exact) mass is 556 g/mol. The van der Waals surface area contributed by atoms with Crippen LogP contribution in [0.4, 0.5) is 16.4 Å². The fourth-order valence-electron chi connectivity index (χ4n) is 3.60. The molecule has 10 heteroatoms. The summed E-state index contributed by atoms with van der Waals surface area (Å²) in [4.78, 5) is 39.3. The molecule has 0 bridgehead atoms. The Morgan fingerprint density at radius 3 is 2.36 bits per heavy atom. The molecule has 0 spiro atoms. The molecule has 0 unspecified atom stereocenters. The van der Waals surface area contributed by atoms with E-state index in [1.165, 1.54) is 18.9 Å². The highest BCUT2D eigenvalue weighted by atomic mass is 32.2. The maximum absolute atomic E-state index is 12.8. The molecule has 8 nitrogen and oxygen atoms in total. The van der Waals surface area contributed by atoms with Crippen LogP contribution >= 0.6 is 23.1 Å². The number of carbonyl (C=O) groups excluding carboxylic acids is 3. The van der Waals surface area contributed by atoms with Crippen molar-refractivity contribution in [3.8, 4) is 11.8 Å². The van der Waals surface area contributed by atoms with Gasteiger partial charge in [0.15, 0.2) is 0 Å². The number of ether oxygens (including phenoxy) is 1. The van der Waals surface area contributed by atoms with E-state index in [0.29, 0.717) is 38.1 Å². The van der Waals surface area contributed by atoms with Crippen molar-refractivity contribution in [3.05, 3.63) is 100 Å². The van der Waals surface area contributed by atoms with Gasteiger partial charge in [0.2, 0.25) is 5.91 Å².